The number of benzene rings is 2. The normalized spacial score (nSPS) is 10.3. The first-order valence-electron chi connectivity index (χ1n) is 6.41. The van der Waals surface area contributed by atoms with Crippen molar-refractivity contribution in [2.45, 2.75) is 13.2 Å². The second kappa shape index (κ2) is 7.31. The van der Waals surface area contributed by atoms with Gasteiger partial charge in [-0.25, -0.2) is 0 Å². The Kier molecular flexibility index (Phi) is 5.44. The SMILES string of the molecule is CNCc1ccc(OCc2cccc(Br)c2)c(OC)c1. The summed E-state index contributed by atoms with van der Waals surface area (Å²) in [6.07, 6.45) is 0. The van der Waals surface area contributed by atoms with Crippen LogP contribution in [0.25, 0.3) is 0 Å². The van der Waals surface area contributed by atoms with Gasteiger partial charge >= 0.3 is 0 Å². The van der Waals surface area contributed by atoms with Crippen molar-refractivity contribution < 1.29 is 9.47 Å². The zero-order chi connectivity index (χ0) is 14.4. The Morgan fingerprint density at radius 1 is 1.05 bits per heavy atom. The van der Waals surface area contributed by atoms with E-state index in [1.165, 1.54) is 5.56 Å². The summed E-state index contributed by atoms with van der Waals surface area (Å²) in [5.74, 6) is 1.51. The van der Waals surface area contributed by atoms with Crippen LogP contribution in [0.1, 0.15) is 11.1 Å². The van der Waals surface area contributed by atoms with Gasteiger partial charge in [-0.3, -0.25) is 0 Å². The van der Waals surface area contributed by atoms with Crippen LogP contribution < -0.4 is 14.8 Å². The summed E-state index contributed by atoms with van der Waals surface area (Å²) in [5.41, 5.74) is 2.28. The fourth-order valence-electron chi connectivity index (χ4n) is 1.93. The van der Waals surface area contributed by atoms with Crippen molar-refractivity contribution >= 4 is 15.9 Å². The lowest BCUT2D eigenvalue weighted by atomic mass is 10.2. The van der Waals surface area contributed by atoms with E-state index < -0.39 is 0 Å². The van der Waals surface area contributed by atoms with Gasteiger partial charge < -0.3 is 14.8 Å². The van der Waals surface area contributed by atoms with Gasteiger partial charge in [0.25, 0.3) is 0 Å². The molecule has 0 saturated heterocycles. The quantitative estimate of drug-likeness (QED) is 0.871. The Morgan fingerprint density at radius 3 is 2.60 bits per heavy atom. The zero-order valence-electron chi connectivity index (χ0n) is 11.7. The number of rotatable bonds is 6. The lowest BCUT2D eigenvalue weighted by Crippen LogP contribution is -2.05. The third kappa shape index (κ3) is 3.99. The maximum atomic E-state index is 5.84. The van der Waals surface area contributed by atoms with E-state index in [-0.39, 0.29) is 0 Å². The molecule has 0 unspecified atom stereocenters. The highest BCUT2D eigenvalue weighted by Crippen LogP contribution is 2.29. The Morgan fingerprint density at radius 2 is 1.90 bits per heavy atom. The summed E-state index contributed by atoms with van der Waals surface area (Å²) < 4.78 is 12.3. The van der Waals surface area contributed by atoms with Gasteiger partial charge in [-0.2, -0.15) is 0 Å². The van der Waals surface area contributed by atoms with Gasteiger partial charge in [0, 0.05) is 11.0 Å². The molecule has 0 aliphatic rings. The third-order valence-corrected chi connectivity index (χ3v) is 3.39. The Balaban J connectivity index is 2.09. The summed E-state index contributed by atoms with van der Waals surface area (Å²) in [4.78, 5) is 0. The molecule has 0 amide bonds. The van der Waals surface area contributed by atoms with Crippen molar-refractivity contribution in [1.29, 1.82) is 0 Å². The maximum Gasteiger partial charge on any atom is 0.161 e. The van der Waals surface area contributed by atoms with Crippen molar-refractivity contribution in [3.8, 4) is 11.5 Å². The summed E-state index contributed by atoms with van der Waals surface area (Å²) in [5, 5.41) is 3.12. The van der Waals surface area contributed by atoms with Crippen molar-refractivity contribution in [2.75, 3.05) is 14.2 Å². The molecule has 3 nitrogen and oxygen atoms in total. The van der Waals surface area contributed by atoms with Crippen molar-refractivity contribution in [1.82, 2.24) is 5.32 Å². The Bertz CT molecular complexity index is 572. The standard InChI is InChI=1S/C16H18BrNO2/c1-18-10-12-6-7-15(16(9-12)19-2)20-11-13-4-3-5-14(17)8-13/h3-9,18H,10-11H2,1-2H3. The average molecular weight is 336 g/mol. The maximum absolute atomic E-state index is 5.84. The van der Waals surface area contributed by atoms with Crippen LogP contribution in [0, 0.1) is 0 Å². The number of ether oxygens (including phenoxy) is 2. The molecule has 2 aromatic carbocycles. The van der Waals surface area contributed by atoms with Crippen molar-refractivity contribution in [3.05, 3.63) is 58.1 Å². The lowest BCUT2D eigenvalue weighted by molar-refractivity contribution is 0.284. The zero-order valence-corrected chi connectivity index (χ0v) is 13.2. The fraction of sp³-hybridized carbons (Fsp3) is 0.250. The van der Waals surface area contributed by atoms with Crippen molar-refractivity contribution in [2.24, 2.45) is 0 Å². The Labute approximate surface area is 128 Å². The van der Waals surface area contributed by atoms with Gasteiger partial charge in [-0.15, -0.1) is 0 Å². The van der Waals surface area contributed by atoms with E-state index in [1.807, 2.05) is 49.5 Å². The van der Waals surface area contributed by atoms with Crippen molar-refractivity contribution in [3.63, 3.8) is 0 Å². The molecular weight excluding hydrogens is 318 g/mol. The molecule has 0 aliphatic carbocycles. The van der Waals surface area contributed by atoms with Gasteiger partial charge in [-0.1, -0.05) is 34.1 Å². The van der Waals surface area contributed by atoms with Crippen LogP contribution in [-0.2, 0) is 13.2 Å². The molecule has 0 atom stereocenters. The van der Waals surface area contributed by atoms with E-state index in [9.17, 15) is 0 Å². The number of methoxy groups -OCH3 is 1. The van der Waals surface area contributed by atoms with E-state index in [4.69, 9.17) is 9.47 Å². The number of halogens is 1. The molecule has 0 aliphatic heterocycles. The van der Waals surface area contributed by atoms with Gasteiger partial charge in [0.05, 0.1) is 7.11 Å². The minimum Gasteiger partial charge on any atom is -0.493 e. The van der Waals surface area contributed by atoms with Crippen LogP contribution >= 0.6 is 15.9 Å². The molecule has 0 radical (unpaired) electrons. The molecular formula is C16H18BrNO2. The van der Waals surface area contributed by atoms with E-state index in [0.717, 1.165) is 28.1 Å². The van der Waals surface area contributed by atoms with Crippen LogP contribution in [0.2, 0.25) is 0 Å². The highest BCUT2D eigenvalue weighted by atomic mass is 79.9. The topological polar surface area (TPSA) is 30.5 Å². The predicted octanol–water partition coefficient (Wildman–Crippen LogP) is 3.76. The second-order valence-corrected chi connectivity index (χ2v) is 5.35. The molecule has 0 aromatic heterocycles. The summed E-state index contributed by atoms with van der Waals surface area (Å²) in [7, 11) is 3.58. The van der Waals surface area contributed by atoms with Gasteiger partial charge in [-0.05, 0) is 42.4 Å². The van der Waals surface area contributed by atoms with Gasteiger partial charge in [0.2, 0.25) is 0 Å². The van der Waals surface area contributed by atoms with Crippen LogP contribution in [0.5, 0.6) is 11.5 Å². The fourth-order valence-corrected chi connectivity index (χ4v) is 2.38. The smallest absolute Gasteiger partial charge is 0.161 e. The molecule has 106 valence electrons. The highest BCUT2D eigenvalue weighted by Gasteiger charge is 2.06. The molecule has 0 saturated carbocycles. The second-order valence-electron chi connectivity index (χ2n) is 4.43. The lowest BCUT2D eigenvalue weighted by Gasteiger charge is -2.12. The van der Waals surface area contributed by atoms with Crippen LogP contribution in [-0.4, -0.2) is 14.2 Å². The first-order chi connectivity index (χ1) is 9.72. The van der Waals surface area contributed by atoms with E-state index >= 15 is 0 Å². The predicted molar refractivity (Wildman–Crippen MR) is 84.2 cm³/mol. The summed E-state index contributed by atoms with van der Waals surface area (Å²) in [6.45, 7) is 1.32. The molecule has 0 bridgehead atoms. The number of nitrogens with one attached hydrogen (secondary N) is 1. The summed E-state index contributed by atoms with van der Waals surface area (Å²) in [6, 6.07) is 14.0. The van der Waals surface area contributed by atoms with E-state index in [0.29, 0.717) is 6.61 Å². The summed E-state index contributed by atoms with van der Waals surface area (Å²) >= 11 is 3.46. The Hall–Kier alpha value is -1.52. The first-order valence-corrected chi connectivity index (χ1v) is 7.21. The van der Waals surface area contributed by atoms with Crippen LogP contribution in [0.3, 0.4) is 0 Å². The minimum atomic E-state index is 0.515. The molecule has 0 heterocycles. The van der Waals surface area contributed by atoms with Gasteiger partial charge in [0.1, 0.15) is 6.61 Å². The van der Waals surface area contributed by atoms with Crippen LogP contribution in [0.15, 0.2) is 46.9 Å². The van der Waals surface area contributed by atoms with E-state index in [1.54, 1.807) is 7.11 Å². The molecule has 2 aromatic rings. The molecule has 0 fully saturated rings. The molecule has 4 heteroatoms. The van der Waals surface area contributed by atoms with E-state index in [2.05, 4.69) is 21.2 Å². The molecule has 20 heavy (non-hydrogen) atoms. The molecule has 1 N–H and O–H groups in total. The molecule has 2 rings (SSSR count). The molecule has 0 spiro atoms. The minimum absolute atomic E-state index is 0.515. The monoisotopic (exact) mass is 335 g/mol. The van der Waals surface area contributed by atoms with Crippen LogP contribution in [0.4, 0.5) is 0 Å². The third-order valence-electron chi connectivity index (χ3n) is 2.89. The largest absolute Gasteiger partial charge is 0.493 e. The average Bonchev–Trinajstić information content (AvgIpc) is 2.46. The highest BCUT2D eigenvalue weighted by molar-refractivity contribution is 9.10. The van der Waals surface area contributed by atoms with Gasteiger partial charge in [0.15, 0.2) is 11.5 Å². The number of hydrogen-bond donors (Lipinski definition) is 1. The first kappa shape index (κ1) is 14.9. The number of hydrogen-bond acceptors (Lipinski definition) is 3.